The Bertz CT molecular complexity index is 1390. The molecule has 0 aliphatic carbocycles. The second-order valence-electron chi connectivity index (χ2n) is 8.02. The average molecular weight is 498 g/mol. The number of rotatable bonds is 5. The molecule has 174 valence electrons. The number of aromatic nitrogens is 4. The van der Waals surface area contributed by atoms with Gasteiger partial charge in [-0.2, -0.15) is 4.68 Å². The zero-order valence-electron chi connectivity index (χ0n) is 18.1. The predicted octanol–water partition coefficient (Wildman–Crippen LogP) is 4.78. The maximum atomic E-state index is 13.3. The first kappa shape index (κ1) is 22.6. The van der Waals surface area contributed by atoms with Crippen LogP contribution in [0, 0.1) is 5.82 Å². The van der Waals surface area contributed by atoms with Gasteiger partial charge in [0.1, 0.15) is 11.4 Å². The van der Waals surface area contributed by atoms with Crippen molar-refractivity contribution in [3.05, 3.63) is 75.4 Å². The van der Waals surface area contributed by atoms with Crippen LogP contribution in [0.25, 0.3) is 17.1 Å². The first-order valence-corrected chi connectivity index (χ1v) is 12.3. The quantitative estimate of drug-likeness (QED) is 0.317. The SMILES string of the molecule is O=C(CSc1nc2nn(-c3ccccc3)c(=O)c-2c2n1CCCCC2)Nc1ccc(F)cc1Cl. The van der Waals surface area contributed by atoms with Crippen molar-refractivity contribution >= 4 is 35.0 Å². The molecule has 0 saturated carbocycles. The lowest BCUT2D eigenvalue weighted by Crippen LogP contribution is -2.20. The Morgan fingerprint density at radius 1 is 1.15 bits per heavy atom. The van der Waals surface area contributed by atoms with Crippen molar-refractivity contribution in [3.8, 4) is 17.1 Å². The van der Waals surface area contributed by atoms with Gasteiger partial charge in [0.05, 0.1) is 22.2 Å². The molecule has 0 saturated heterocycles. The predicted molar refractivity (Wildman–Crippen MR) is 131 cm³/mol. The molecule has 0 bridgehead atoms. The monoisotopic (exact) mass is 497 g/mol. The lowest BCUT2D eigenvalue weighted by Gasteiger charge is -2.17. The number of fused-ring (bicyclic) bond motifs is 3. The normalized spacial score (nSPS) is 13.5. The average Bonchev–Trinajstić information content (AvgIpc) is 2.99. The van der Waals surface area contributed by atoms with Crippen LogP contribution in [0.5, 0.6) is 0 Å². The Morgan fingerprint density at radius 3 is 2.76 bits per heavy atom. The number of para-hydroxylation sites is 1. The van der Waals surface area contributed by atoms with Crippen LogP contribution in [-0.4, -0.2) is 31.0 Å². The van der Waals surface area contributed by atoms with Crippen molar-refractivity contribution in [1.82, 2.24) is 19.3 Å². The number of carbonyl (C=O) groups excluding carboxylic acids is 1. The highest BCUT2D eigenvalue weighted by Crippen LogP contribution is 2.31. The molecule has 0 spiro atoms. The van der Waals surface area contributed by atoms with Gasteiger partial charge in [-0.1, -0.05) is 48.0 Å². The van der Waals surface area contributed by atoms with Crippen molar-refractivity contribution in [3.63, 3.8) is 0 Å². The second-order valence-corrected chi connectivity index (χ2v) is 9.37. The van der Waals surface area contributed by atoms with Gasteiger partial charge in [0.25, 0.3) is 5.56 Å². The summed E-state index contributed by atoms with van der Waals surface area (Å²) in [5.74, 6) is -0.300. The van der Waals surface area contributed by atoms with Gasteiger partial charge < -0.3 is 9.88 Å². The molecule has 10 heteroatoms. The Balaban J connectivity index is 1.47. The van der Waals surface area contributed by atoms with Gasteiger partial charge in [-0.25, -0.2) is 9.37 Å². The number of hydrogen-bond acceptors (Lipinski definition) is 5. The molecule has 1 amide bonds. The van der Waals surface area contributed by atoms with E-state index in [4.69, 9.17) is 11.6 Å². The standard InChI is InChI=1S/C24H21ClFN5O2S/c25-17-13-15(26)10-11-18(17)27-20(32)14-34-24-28-22-21(19-9-5-2-6-12-30(19)24)23(33)31(29-22)16-7-3-1-4-8-16/h1,3-4,7-8,10-11,13H,2,5-6,9,12,14H2,(H,27,32). The zero-order valence-corrected chi connectivity index (χ0v) is 19.7. The van der Waals surface area contributed by atoms with E-state index < -0.39 is 5.82 Å². The fraction of sp³-hybridized carbons (Fsp3) is 0.250. The number of benzene rings is 2. The second kappa shape index (κ2) is 9.60. The van der Waals surface area contributed by atoms with Crippen LogP contribution in [0.15, 0.2) is 58.5 Å². The van der Waals surface area contributed by atoms with Gasteiger partial charge >= 0.3 is 0 Å². The van der Waals surface area contributed by atoms with Crippen LogP contribution in [0.2, 0.25) is 5.02 Å². The molecule has 3 aliphatic rings. The van der Waals surface area contributed by atoms with Gasteiger partial charge in [-0.05, 0) is 49.6 Å². The van der Waals surface area contributed by atoms with Crippen LogP contribution in [0.3, 0.4) is 0 Å². The summed E-state index contributed by atoms with van der Waals surface area (Å²) < 4.78 is 16.7. The van der Waals surface area contributed by atoms with E-state index in [1.54, 1.807) is 0 Å². The third-order valence-corrected chi connectivity index (χ3v) is 6.99. The van der Waals surface area contributed by atoms with E-state index in [9.17, 15) is 14.0 Å². The van der Waals surface area contributed by atoms with E-state index in [1.165, 1.54) is 28.6 Å². The van der Waals surface area contributed by atoms with Crippen molar-refractivity contribution < 1.29 is 9.18 Å². The Morgan fingerprint density at radius 2 is 1.97 bits per heavy atom. The van der Waals surface area contributed by atoms with Crippen LogP contribution in [0.4, 0.5) is 10.1 Å². The number of hydrogen-bond donors (Lipinski definition) is 1. The van der Waals surface area contributed by atoms with Crippen molar-refractivity contribution in [1.29, 1.82) is 0 Å². The van der Waals surface area contributed by atoms with Crippen molar-refractivity contribution in [2.75, 3.05) is 11.1 Å². The topological polar surface area (TPSA) is 81.8 Å². The Hall–Kier alpha value is -3.17. The van der Waals surface area contributed by atoms with E-state index in [0.29, 0.717) is 27.9 Å². The van der Waals surface area contributed by atoms with Crippen molar-refractivity contribution in [2.24, 2.45) is 0 Å². The molecule has 3 heterocycles. The number of carbonyl (C=O) groups is 1. The third kappa shape index (κ3) is 4.45. The highest BCUT2D eigenvalue weighted by Gasteiger charge is 2.27. The molecule has 1 N–H and O–H groups in total. The zero-order chi connectivity index (χ0) is 23.7. The number of nitrogens with zero attached hydrogens (tertiary/aromatic N) is 4. The number of amides is 1. The third-order valence-electron chi connectivity index (χ3n) is 5.71. The molecule has 0 aromatic heterocycles. The van der Waals surface area contributed by atoms with Gasteiger partial charge in [-0.3, -0.25) is 9.59 Å². The minimum atomic E-state index is -0.471. The molecule has 5 rings (SSSR count). The van der Waals surface area contributed by atoms with E-state index >= 15 is 0 Å². The van der Waals surface area contributed by atoms with Crippen LogP contribution in [0.1, 0.15) is 25.0 Å². The summed E-state index contributed by atoms with van der Waals surface area (Å²) in [7, 11) is 0. The molecular weight excluding hydrogens is 477 g/mol. The summed E-state index contributed by atoms with van der Waals surface area (Å²) in [5.41, 5.74) is 2.31. The summed E-state index contributed by atoms with van der Waals surface area (Å²) in [6.07, 6.45) is 3.75. The first-order valence-electron chi connectivity index (χ1n) is 11.0. The lowest BCUT2D eigenvalue weighted by molar-refractivity contribution is -0.113. The molecule has 0 atom stereocenters. The molecule has 7 nitrogen and oxygen atoms in total. The maximum absolute atomic E-state index is 13.3. The molecular formula is C24H21ClFN5O2S. The highest BCUT2D eigenvalue weighted by molar-refractivity contribution is 7.99. The molecule has 2 aromatic carbocycles. The minimum Gasteiger partial charge on any atom is -0.324 e. The van der Waals surface area contributed by atoms with E-state index in [2.05, 4.69) is 20.0 Å². The molecule has 0 radical (unpaired) electrons. The molecule has 3 aliphatic heterocycles. The Labute approximate surface area is 204 Å². The number of thioether (sulfide) groups is 1. The molecule has 2 aromatic rings. The Kier molecular flexibility index (Phi) is 6.38. The number of nitrogens with one attached hydrogen (secondary N) is 1. The summed E-state index contributed by atoms with van der Waals surface area (Å²) >= 11 is 7.30. The van der Waals surface area contributed by atoms with Gasteiger partial charge in [0.2, 0.25) is 5.91 Å². The number of halogens is 2. The fourth-order valence-corrected chi connectivity index (χ4v) is 5.17. The molecule has 34 heavy (non-hydrogen) atoms. The molecule has 0 fully saturated rings. The number of anilines is 1. The summed E-state index contributed by atoms with van der Waals surface area (Å²) in [4.78, 5) is 30.5. The van der Waals surface area contributed by atoms with Crippen LogP contribution in [-0.2, 0) is 17.8 Å². The summed E-state index contributed by atoms with van der Waals surface area (Å²) in [6, 6.07) is 13.1. The van der Waals surface area contributed by atoms with E-state index in [-0.39, 0.29) is 22.2 Å². The summed E-state index contributed by atoms with van der Waals surface area (Å²) in [6.45, 7) is 0.724. The maximum Gasteiger partial charge on any atom is 0.284 e. The van der Waals surface area contributed by atoms with E-state index in [1.807, 2.05) is 30.3 Å². The largest absolute Gasteiger partial charge is 0.324 e. The van der Waals surface area contributed by atoms with Gasteiger partial charge in [0, 0.05) is 12.2 Å². The van der Waals surface area contributed by atoms with Crippen LogP contribution < -0.4 is 10.9 Å². The van der Waals surface area contributed by atoms with Crippen molar-refractivity contribution in [2.45, 2.75) is 37.4 Å². The van der Waals surface area contributed by atoms with E-state index in [0.717, 1.165) is 44.0 Å². The fourth-order valence-electron chi connectivity index (χ4n) is 4.12. The van der Waals surface area contributed by atoms with Gasteiger partial charge in [0.15, 0.2) is 11.0 Å². The lowest BCUT2D eigenvalue weighted by atomic mass is 10.1. The highest BCUT2D eigenvalue weighted by atomic mass is 35.5. The van der Waals surface area contributed by atoms with Crippen LogP contribution >= 0.6 is 23.4 Å². The first-order chi connectivity index (χ1) is 16.5. The summed E-state index contributed by atoms with van der Waals surface area (Å²) in [5, 5.41) is 7.99. The minimum absolute atomic E-state index is 0.0786. The molecule has 0 unspecified atom stereocenters. The smallest absolute Gasteiger partial charge is 0.284 e. The van der Waals surface area contributed by atoms with Gasteiger partial charge in [-0.15, -0.1) is 5.10 Å².